The summed E-state index contributed by atoms with van der Waals surface area (Å²) in [6, 6.07) is 0. The van der Waals surface area contributed by atoms with Gasteiger partial charge in [-0.3, -0.25) is 0 Å². The topological polar surface area (TPSA) is 20.2 Å². The van der Waals surface area contributed by atoms with Crippen molar-refractivity contribution in [3.05, 3.63) is 31.6 Å². The Kier molecular flexibility index (Phi) is 5.42. The van der Waals surface area contributed by atoms with Gasteiger partial charge in [-0.15, -0.1) is 0 Å². The summed E-state index contributed by atoms with van der Waals surface area (Å²) in [6.45, 7) is 0.344. The summed E-state index contributed by atoms with van der Waals surface area (Å²) < 4.78 is 0. The Morgan fingerprint density at radius 3 is 2.25 bits per heavy atom. The number of hydrogen-bond acceptors (Lipinski definition) is 1. The van der Waals surface area contributed by atoms with Crippen LogP contribution in [0.5, 0.6) is 0 Å². The second-order valence-corrected chi connectivity index (χ2v) is 3.18. The van der Waals surface area contributed by atoms with E-state index in [0.29, 0.717) is 6.61 Å². The van der Waals surface area contributed by atoms with Crippen LogP contribution >= 0.6 is 0 Å². The minimum absolute atomic E-state index is 0.344. The van der Waals surface area contributed by atoms with E-state index in [9.17, 15) is 0 Å². The molecule has 12 heavy (non-hydrogen) atoms. The monoisotopic (exact) mass is 165 g/mol. The third kappa shape index (κ3) is 4.10. The van der Waals surface area contributed by atoms with E-state index >= 15 is 0 Å². The summed E-state index contributed by atoms with van der Waals surface area (Å²) in [5.74, 6) is 1.44. The van der Waals surface area contributed by atoms with Gasteiger partial charge in [-0.1, -0.05) is 19.3 Å². The standard InChI is InChI=1S/C11H17O/c12-10-6-2-1-3-7-11-8-4-5-9-11/h4-5,8-9,12H,1-3,6-7,10H2. The Bertz CT molecular complexity index is 95.2. The lowest BCUT2D eigenvalue weighted by Crippen LogP contribution is -1.92. The molecule has 1 nitrogen and oxygen atoms in total. The second-order valence-electron chi connectivity index (χ2n) is 3.18. The highest BCUT2D eigenvalue weighted by atomic mass is 16.2. The first-order valence-corrected chi connectivity index (χ1v) is 4.75. The number of rotatable bonds is 6. The summed E-state index contributed by atoms with van der Waals surface area (Å²) in [5.41, 5.74) is 0. The van der Waals surface area contributed by atoms with E-state index in [2.05, 4.69) is 25.7 Å². The zero-order valence-electron chi connectivity index (χ0n) is 7.50. The lowest BCUT2D eigenvalue weighted by atomic mass is 9.99. The first kappa shape index (κ1) is 10.0. The summed E-state index contributed by atoms with van der Waals surface area (Å²) in [4.78, 5) is 0. The molecule has 1 heteroatoms. The molecule has 0 aromatic rings. The Morgan fingerprint density at radius 2 is 1.58 bits per heavy atom. The highest BCUT2D eigenvalue weighted by Crippen LogP contribution is 2.27. The Morgan fingerprint density at radius 1 is 0.917 bits per heavy atom. The minimum Gasteiger partial charge on any atom is -0.396 e. The molecule has 0 saturated heterocycles. The Labute approximate surface area is 76.2 Å². The molecule has 0 aliphatic heterocycles. The largest absolute Gasteiger partial charge is 0.396 e. The molecule has 1 N–H and O–H groups in total. The first-order chi connectivity index (χ1) is 5.93. The molecule has 0 unspecified atom stereocenters. The number of hydrogen-bond donors (Lipinski definition) is 1. The SMILES string of the molecule is OCCCCCC[C]1[CH][CH][CH][CH]1. The van der Waals surface area contributed by atoms with Gasteiger partial charge in [0, 0.05) is 6.61 Å². The van der Waals surface area contributed by atoms with E-state index in [4.69, 9.17) is 5.11 Å². The summed E-state index contributed by atoms with van der Waals surface area (Å²) >= 11 is 0. The molecule has 0 amide bonds. The maximum atomic E-state index is 8.55. The summed E-state index contributed by atoms with van der Waals surface area (Å²) in [5, 5.41) is 8.55. The van der Waals surface area contributed by atoms with E-state index in [1.165, 1.54) is 25.2 Å². The molecule has 1 rings (SSSR count). The van der Waals surface area contributed by atoms with Crippen LogP contribution in [0.2, 0.25) is 0 Å². The van der Waals surface area contributed by atoms with Gasteiger partial charge < -0.3 is 5.11 Å². The molecule has 1 saturated carbocycles. The molecule has 5 radical (unpaired) electrons. The third-order valence-corrected chi connectivity index (χ3v) is 2.11. The predicted octanol–water partition coefficient (Wildman–Crippen LogP) is 2.33. The fraction of sp³-hybridized carbons (Fsp3) is 0.545. The average Bonchev–Trinajstić information content (AvgIpc) is 2.57. The van der Waals surface area contributed by atoms with Crippen molar-refractivity contribution < 1.29 is 5.11 Å². The highest BCUT2D eigenvalue weighted by molar-refractivity contribution is 5.34. The maximum absolute atomic E-state index is 8.55. The fourth-order valence-corrected chi connectivity index (χ4v) is 1.38. The number of aliphatic hydroxyl groups is 1. The van der Waals surface area contributed by atoms with Gasteiger partial charge in [0.1, 0.15) is 0 Å². The van der Waals surface area contributed by atoms with Crippen LogP contribution in [0.3, 0.4) is 0 Å². The van der Waals surface area contributed by atoms with Crippen molar-refractivity contribution >= 4 is 0 Å². The predicted molar refractivity (Wildman–Crippen MR) is 50.6 cm³/mol. The molecule has 1 aliphatic rings. The van der Waals surface area contributed by atoms with Crippen LogP contribution in [0.1, 0.15) is 32.1 Å². The average molecular weight is 165 g/mol. The molecule has 1 fully saturated rings. The van der Waals surface area contributed by atoms with Crippen LogP contribution in [-0.2, 0) is 0 Å². The lowest BCUT2D eigenvalue weighted by molar-refractivity contribution is 0.282. The van der Waals surface area contributed by atoms with Crippen LogP contribution in [-0.4, -0.2) is 11.7 Å². The fourth-order valence-electron chi connectivity index (χ4n) is 1.38. The van der Waals surface area contributed by atoms with Crippen molar-refractivity contribution in [2.45, 2.75) is 32.1 Å². The Balaban J connectivity index is 1.81. The molecule has 1 aliphatic carbocycles. The number of unbranched alkanes of at least 4 members (excludes halogenated alkanes) is 3. The lowest BCUT2D eigenvalue weighted by Gasteiger charge is -2.05. The molecular weight excluding hydrogens is 148 g/mol. The second kappa shape index (κ2) is 6.47. The highest BCUT2D eigenvalue weighted by Gasteiger charge is 2.15. The van der Waals surface area contributed by atoms with Gasteiger partial charge >= 0.3 is 0 Å². The van der Waals surface area contributed by atoms with E-state index < -0.39 is 0 Å². The van der Waals surface area contributed by atoms with Crippen LogP contribution in [0.4, 0.5) is 0 Å². The van der Waals surface area contributed by atoms with Crippen molar-refractivity contribution in [3.8, 4) is 0 Å². The quantitative estimate of drug-likeness (QED) is 0.599. The normalized spacial score (nSPS) is 18.8. The maximum Gasteiger partial charge on any atom is 0.0431 e. The van der Waals surface area contributed by atoms with Gasteiger partial charge in [-0.05, 0) is 44.4 Å². The van der Waals surface area contributed by atoms with Crippen molar-refractivity contribution in [1.29, 1.82) is 0 Å². The smallest absolute Gasteiger partial charge is 0.0431 e. The van der Waals surface area contributed by atoms with E-state index in [1.807, 2.05) is 0 Å². The van der Waals surface area contributed by atoms with Crippen molar-refractivity contribution in [2.24, 2.45) is 0 Å². The zero-order chi connectivity index (χ0) is 8.65. The summed E-state index contributed by atoms with van der Waals surface area (Å²) in [7, 11) is 0. The third-order valence-electron chi connectivity index (χ3n) is 2.11. The van der Waals surface area contributed by atoms with Gasteiger partial charge in [0.05, 0.1) is 0 Å². The summed E-state index contributed by atoms with van der Waals surface area (Å²) in [6.07, 6.45) is 14.3. The van der Waals surface area contributed by atoms with Crippen molar-refractivity contribution in [3.63, 3.8) is 0 Å². The molecule has 0 aromatic carbocycles. The van der Waals surface area contributed by atoms with Crippen LogP contribution in [0, 0.1) is 31.6 Å². The van der Waals surface area contributed by atoms with Gasteiger partial charge in [0.2, 0.25) is 0 Å². The van der Waals surface area contributed by atoms with E-state index in [-0.39, 0.29) is 0 Å². The zero-order valence-corrected chi connectivity index (χ0v) is 7.50. The molecule has 0 aromatic heterocycles. The minimum atomic E-state index is 0.344. The first-order valence-electron chi connectivity index (χ1n) is 4.75. The number of aliphatic hydroxyl groups excluding tert-OH is 1. The molecule has 0 spiro atoms. The van der Waals surface area contributed by atoms with Crippen LogP contribution < -0.4 is 0 Å². The van der Waals surface area contributed by atoms with E-state index in [1.54, 1.807) is 0 Å². The van der Waals surface area contributed by atoms with Crippen molar-refractivity contribution in [1.82, 2.24) is 0 Å². The van der Waals surface area contributed by atoms with Crippen LogP contribution in [0.25, 0.3) is 0 Å². The van der Waals surface area contributed by atoms with Crippen molar-refractivity contribution in [2.75, 3.05) is 6.61 Å². The van der Waals surface area contributed by atoms with Gasteiger partial charge in [-0.2, -0.15) is 0 Å². The molecule has 0 bridgehead atoms. The molecule has 67 valence electrons. The Hall–Kier alpha value is -0.0400. The molecule has 0 heterocycles. The van der Waals surface area contributed by atoms with Gasteiger partial charge in [-0.25, -0.2) is 0 Å². The molecular formula is C11H17O. The van der Waals surface area contributed by atoms with Crippen LogP contribution in [0.15, 0.2) is 0 Å². The van der Waals surface area contributed by atoms with Gasteiger partial charge in [0.25, 0.3) is 0 Å². The van der Waals surface area contributed by atoms with E-state index in [0.717, 1.165) is 12.8 Å². The van der Waals surface area contributed by atoms with Gasteiger partial charge in [0.15, 0.2) is 0 Å². The molecule has 0 atom stereocenters.